The fourth-order valence-corrected chi connectivity index (χ4v) is 2.70. The van der Waals surface area contributed by atoms with Crippen LogP contribution < -0.4 is 10.2 Å². The molecule has 0 bridgehead atoms. The summed E-state index contributed by atoms with van der Waals surface area (Å²) in [5, 5.41) is 3.42. The molecule has 1 aromatic rings. The molecule has 102 valence electrons. The number of anilines is 1. The third-order valence-corrected chi connectivity index (χ3v) is 3.72. The normalized spacial score (nSPS) is 17.4. The minimum absolute atomic E-state index is 0.469. The molecule has 0 amide bonds. The summed E-state index contributed by atoms with van der Waals surface area (Å²) < 4.78 is 2.27. The Morgan fingerprint density at radius 1 is 1.44 bits per heavy atom. The van der Waals surface area contributed by atoms with Gasteiger partial charge in [0.05, 0.1) is 5.69 Å². The van der Waals surface area contributed by atoms with Gasteiger partial charge in [-0.05, 0) is 52.6 Å². The van der Waals surface area contributed by atoms with E-state index in [0.717, 1.165) is 37.2 Å². The standard InChI is InChI=1S/C14H26N4/c1-11(2)18-9-12(3)16-14(18)17(4)10-13-5-7-15-8-6-13/h9,11,13,15H,5-8,10H2,1-4H3. The van der Waals surface area contributed by atoms with Crippen LogP contribution in [0.1, 0.15) is 38.4 Å². The number of nitrogens with zero attached hydrogens (tertiary/aromatic N) is 3. The van der Waals surface area contributed by atoms with Crippen LogP contribution in [0.15, 0.2) is 6.20 Å². The molecule has 0 spiro atoms. The lowest BCUT2D eigenvalue weighted by molar-refractivity contribution is 0.375. The maximum atomic E-state index is 4.67. The summed E-state index contributed by atoms with van der Waals surface area (Å²) in [7, 11) is 2.17. The highest BCUT2D eigenvalue weighted by molar-refractivity contribution is 5.32. The van der Waals surface area contributed by atoms with Crippen molar-refractivity contribution in [3.63, 3.8) is 0 Å². The minimum Gasteiger partial charge on any atom is -0.345 e. The average Bonchev–Trinajstić information content (AvgIpc) is 2.73. The molecular formula is C14H26N4. The van der Waals surface area contributed by atoms with E-state index < -0.39 is 0 Å². The first-order chi connectivity index (χ1) is 8.58. The Hall–Kier alpha value is -1.03. The van der Waals surface area contributed by atoms with E-state index >= 15 is 0 Å². The lowest BCUT2D eigenvalue weighted by Gasteiger charge is -2.29. The Balaban J connectivity index is 2.05. The van der Waals surface area contributed by atoms with Gasteiger partial charge in [-0.2, -0.15) is 0 Å². The maximum absolute atomic E-state index is 4.67. The highest BCUT2D eigenvalue weighted by atomic mass is 15.3. The Morgan fingerprint density at radius 3 is 2.72 bits per heavy atom. The van der Waals surface area contributed by atoms with Crippen molar-refractivity contribution in [1.29, 1.82) is 0 Å². The quantitative estimate of drug-likeness (QED) is 0.889. The van der Waals surface area contributed by atoms with Gasteiger partial charge in [0.2, 0.25) is 5.95 Å². The second-order valence-corrected chi connectivity index (χ2v) is 5.76. The molecule has 0 saturated carbocycles. The van der Waals surface area contributed by atoms with Crippen molar-refractivity contribution in [2.45, 2.75) is 39.7 Å². The summed E-state index contributed by atoms with van der Waals surface area (Å²) in [5.74, 6) is 1.91. The van der Waals surface area contributed by atoms with Crippen molar-refractivity contribution in [3.8, 4) is 0 Å². The van der Waals surface area contributed by atoms with Crippen LogP contribution in [0.25, 0.3) is 0 Å². The summed E-state index contributed by atoms with van der Waals surface area (Å²) in [6.07, 6.45) is 4.72. The summed E-state index contributed by atoms with van der Waals surface area (Å²) in [5.41, 5.74) is 1.11. The molecule has 4 heteroatoms. The molecule has 0 atom stereocenters. The van der Waals surface area contributed by atoms with Gasteiger partial charge in [-0.15, -0.1) is 0 Å². The molecule has 0 aliphatic carbocycles. The molecule has 1 aliphatic heterocycles. The molecule has 0 unspecified atom stereocenters. The van der Waals surface area contributed by atoms with Crippen LogP contribution in [0.3, 0.4) is 0 Å². The average molecular weight is 250 g/mol. The molecule has 4 nitrogen and oxygen atoms in total. The molecule has 0 radical (unpaired) electrons. The van der Waals surface area contributed by atoms with Crippen LogP contribution in [0, 0.1) is 12.8 Å². The Kier molecular flexibility index (Phi) is 4.27. The number of imidazole rings is 1. The predicted molar refractivity (Wildman–Crippen MR) is 76.2 cm³/mol. The molecule has 18 heavy (non-hydrogen) atoms. The zero-order valence-corrected chi connectivity index (χ0v) is 12.1. The number of piperidine rings is 1. The summed E-state index contributed by atoms with van der Waals surface area (Å²) in [6, 6.07) is 0.469. The van der Waals surface area contributed by atoms with E-state index in [2.05, 4.69) is 53.8 Å². The molecule has 1 aliphatic rings. The Morgan fingerprint density at radius 2 is 2.11 bits per heavy atom. The zero-order chi connectivity index (χ0) is 13.1. The van der Waals surface area contributed by atoms with Crippen LogP contribution in [-0.2, 0) is 0 Å². The van der Waals surface area contributed by atoms with Gasteiger partial charge in [0.15, 0.2) is 0 Å². The van der Waals surface area contributed by atoms with Crippen LogP contribution in [0.5, 0.6) is 0 Å². The van der Waals surface area contributed by atoms with E-state index in [0.29, 0.717) is 6.04 Å². The molecule has 1 fully saturated rings. The van der Waals surface area contributed by atoms with Gasteiger partial charge in [0.1, 0.15) is 0 Å². The number of aryl methyl sites for hydroxylation is 1. The molecule has 2 rings (SSSR count). The molecule has 1 aromatic heterocycles. The number of hydrogen-bond donors (Lipinski definition) is 1. The van der Waals surface area contributed by atoms with Gasteiger partial charge in [0.25, 0.3) is 0 Å². The monoisotopic (exact) mass is 250 g/mol. The van der Waals surface area contributed by atoms with Gasteiger partial charge in [0, 0.05) is 25.8 Å². The predicted octanol–water partition coefficient (Wildman–Crippen LogP) is 2.21. The van der Waals surface area contributed by atoms with Crippen molar-refractivity contribution in [1.82, 2.24) is 14.9 Å². The highest BCUT2D eigenvalue weighted by Crippen LogP contribution is 2.21. The fourth-order valence-electron chi connectivity index (χ4n) is 2.70. The zero-order valence-electron chi connectivity index (χ0n) is 12.1. The van der Waals surface area contributed by atoms with Gasteiger partial charge >= 0.3 is 0 Å². The maximum Gasteiger partial charge on any atom is 0.205 e. The Labute approximate surface area is 110 Å². The van der Waals surface area contributed by atoms with Gasteiger partial charge in [-0.25, -0.2) is 4.98 Å². The molecular weight excluding hydrogens is 224 g/mol. The first kappa shape index (κ1) is 13.4. The van der Waals surface area contributed by atoms with Crippen molar-refractivity contribution in [2.75, 3.05) is 31.6 Å². The first-order valence-electron chi connectivity index (χ1n) is 7.05. The molecule has 1 N–H and O–H groups in total. The highest BCUT2D eigenvalue weighted by Gasteiger charge is 2.18. The number of nitrogens with one attached hydrogen (secondary N) is 1. The topological polar surface area (TPSA) is 33.1 Å². The van der Waals surface area contributed by atoms with Crippen molar-refractivity contribution < 1.29 is 0 Å². The minimum atomic E-state index is 0.469. The van der Waals surface area contributed by atoms with Gasteiger partial charge < -0.3 is 14.8 Å². The van der Waals surface area contributed by atoms with E-state index in [1.807, 2.05) is 0 Å². The smallest absolute Gasteiger partial charge is 0.205 e. The number of rotatable bonds is 4. The first-order valence-corrected chi connectivity index (χ1v) is 7.05. The van der Waals surface area contributed by atoms with E-state index in [-0.39, 0.29) is 0 Å². The summed E-state index contributed by atoms with van der Waals surface area (Å²) >= 11 is 0. The summed E-state index contributed by atoms with van der Waals surface area (Å²) in [6.45, 7) is 9.93. The van der Waals surface area contributed by atoms with E-state index in [1.165, 1.54) is 12.8 Å². The van der Waals surface area contributed by atoms with Crippen LogP contribution in [-0.4, -0.2) is 36.2 Å². The second kappa shape index (κ2) is 5.74. The molecule has 1 saturated heterocycles. The summed E-state index contributed by atoms with van der Waals surface area (Å²) in [4.78, 5) is 6.99. The van der Waals surface area contributed by atoms with E-state index in [9.17, 15) is 0 Å². The van der Waals surface area contributed by atoms with E-state index in [1.54, 1.807) is 0 Å². The van der Waals surface area contributed by atoms with Crippen molar-refractivity contribution in [3.05, 3.63) is 11.9 Å². The van der Waals surface area contributed by atoms with Gasteiger partial charge in [-0.1, -0.05) is 0 Å². The van der Waals surface area contributed by atoms with Gasteiger partial charge in [-0.3, -0.25) is 0 Å². The number of aromatic nitrogens is 2. The van der Waals surface area contributed by atoms with Crippen LogP contribution >= 0.6 is 0 Å². The third kappa shape index (κ3) is 3.05. The third-order valence-electron chi connectivity index (χ3n) is 3.72. The van der Waals surface area contributed by atoms with Crippen LogP contribution in [0.2, 0.25) is 0 Å². The second-order valence-electron chi connectivity index (χ2n) is 5.76. The number of hydrogen-bond acceptors (Lipinski definition) is 3. The molecule has 0 aromatic carbocycles. The Bertz CT molecular complexity index is 377. The van der Waals surface area contributed by atoms with Crippen LogP contribution in [0.4, 0.5) is 5.95 Å². The van der Waals surface area contributed by atoms with E-state index in [4.69, 9.17) is 0 Å². The lowest BCUT2D eigenvalue weighted by atomic mass is 9.98. The van der Waals surface area contributed by atoms with Crippen molar-refractivity contribution in [2.24, 2.45) is 5.92 Å². The fraction of sp³-hybridized carbons (Fsp3) is 0.786. The largest absolute Gasteiger partial charge is 0.345 e. The lowest BCUT2D eigenvalue weighted by Crippen LogP contribution is -2.35. The SMILES string of the molecule is Cc1cn(C(C)C)c(N(C)CC2CCNCC2)n1. The van der Waals surface area contributed by atoms with Crippen molar-refractivity contribution >= 4 is 5.95 Å². The molecule has 2 heterocycles.